The highest BCUT2D eigenvalue weighted by atomic mass is 19.4. The number of ether oxygens (including phenoxy) is 2. The van der Waals surface area contributed by atoms with Gasteiger partial charge in [0.1, 0.15) is 11.5 Å². The molecule has 0 spiro atoms. The fourth-order valence-corrected chi connectivity index (χ4v) is 5.17. The van der Waals surface area contributed by atoms with Crippen LogP contribution in [0.25, 0.3) is 10.9 Å². The van der Waals surface area contributed by atoms with Crippen molar-refractivity contribution in [2.45, 2.75) is 38.5 Å². The predicted molar refractivity (Wildman–Crippen MR) is 151 cm³/mol. The van der Waals surface area contributed by atoms with Gasteiger partial charge in [0, 0.05) is 42.9 Å². The minimum absolute atomic E-state index is 0.0491. The zero-order chi connectivity index (χ0) is 29.9. The lowest BCUT2D eigenvalue weighted by Gasteiger charge is -2.25. The molecular weight excluding hydrogens is 549 g/mol. The van der Waals surface area contributed by atoms with Crippen molar-refractivity contribution in [1.29, 1.82) is 0 Å². The SMILES string of the molecule is COCCNC(=O)c1ccc2nn(C[C@@H]3CCCN3C(=O)c3ccc(Oc4ccc(C(F)(F)F)cc4)cc3)cc2c1C. The zero-order valence-corrected chi connectivity index (χ0v) is 23.3. The standard InChI is InChI=1S/C31H31F3N4O4/c1-20-26(29(39)35-15-17-41-2)13-14-28-27(20)19-37(36-28)18-23-4-3-16-38(23)30(40)21-5-9-24(10-6-21)42-25-11-7-22(8-12-25)31(32,33)34/h5-14,19,23H,3-4,15-18H2,1-2H3,(H,35,39)/t23-/m0/s1. The Kier molecular flexibility index (Phi) is 8.49. The molecule has 0 saturated carbocycles. The number of methoxy groups -OCH3 is 1. The number of alkyl halides is 3. The molecule has 0 aliphatic carbocycles. The van der Waals surface area contributed by atoms with Crippen LogP contribution in [0.2, 0.25) is 0 Å². The number of hydrogen-bond acceptors (Lipinski definition) is 5. The molecule has 1 atom stereocenters. The van der Waals surface area contributed by atoms with Crippen LogP contribution in [0.4, 0.5) is 13.2 Å². The maximum atomic E-state index is 13.4. The Morgan fingerprint density at radius 1 is 1.02 bits per heavy atom. The van der Waals surface area contributed by atoms with Crippen molar-refractivity contribution >= 4 is 22.7 Å². The largest absolute Gasteiger partial charge is 0.457 e. The first kappa shape index (κ1) is 29.1. The molecule has 5 rings (SSSR count). The van der Waals surface area contributed by atoms with Gasteiger partial charge in [-0.15, -0.1) is 0 Å². The van der Waals surface area contributed by atoms with Crippen molar-refractivity contribution in [1.82, 2.24) is 20.0 Å². The number of rotatable bonds is 9. The molecular formula is C31H31F3N4O4. The average Bonchev–Trinajstić information content (AvgIpc) is 3.60. The van der Waals surface area contributed by atoms with E-state index in [-0.39, 0.29) is 23.6 Å². The Morgan fingerprint density at radius 3 is 2.38 bits per heavy atom. The molecule has 1 saturated heterocycles. The van der Waals surface area contributed by atoms with Crippen LogP contribution < -0.4 is 10.1 Å². The molecule has 1 fully saturated rings. The molecule has 3 aromatic carbocycles. The summed E-state index contributed by atoms with van der Waals surface area (Å²) in [5.74, 6) is 0.404. The lowest BCUT2D eigenvalue weighted by atomic mass is 10.0. The van der Waals surface area contributed by atoms with E-state index in [9.17, 15) is 22.8 Å². The van der Waals surface area contributed by atoms with Gasteiger partial charge in [0.25, 0.3) is 11.8 Å². The molecule has 11 heteroatoms. The lowest BCUT2D eigenvalue weighted by Crippen LogP contribution is -2.38. The summed E-state index contributed by atoms with van der Waals surface area (Å²) in [6, 6.07) is 14.6. The Bertz CT molecular complexity index is 1570. The first-order valence-electron chi connectivity index (χ1n) is 13.6. The number of fused-ring (bicyclic) bond motifs is 1. The molecule has 1 aliphatic rings. The normalized spacial score (nSPS) is 15.3. The molecule has 2 amide bonds. The summed E-state index contributed by atoms with van der Waals surface area (Å²) < 4.78 is 50.9. The van der Waals surface area contributed by atoms with E-state index < -0.39 is 11.7 Å². The molecule has 220 valence electrons. The highest BCUT2D eigenvalue weighted by Crippen LogP contribution is 2.32. The van der Waals surface area contributed by atoms with Gasteiger partial charge < -0.3 is 19.7 Å². The second-order valence-electron chi connectivity index (χ2n) is 10.2. The van der Waals surface area contributed by atoms with Gasteiger partial charge in [0.2, 0.25) is 0 Å². The molecule has 1 aromatic heterocycles. The summed E-state index contributed by atoms with van der Waals surface area (Å²) in [5, 5.41) is 8.43. The second kappa shape index (κ2) is 12.2. The number of nitrogens with one attached hydrogen (secondary N) is 1. The zero-order valence-electron chi connectivity index (χ0n) is 23.3. The van der Waals surface area contributed by atoms with Crippen molar-refractivity contribution in [3.63, 3.8) is 0 Å². The summed E-state index contributed by atoms with van der Waals surface area (Å²) in [5.41, 5.74) is 1.95. The number of carbonyl (C=O) groups is 2. The van der Waals surface area contributed by atoms with Crippen LogP contribution in [-0.4, -0.2) is 59.3 Å². The quantitative estimate of drug-likeness (QED) is 0.252. The van der Waals surface area contributed by atoms with E-state index in [4.69, 9.17) is 14.6 Å². The highest BCUT2D eigenvalue weighted by Gasteiger charge is 2.31. The summed E-state index contributed by atoms with van der Waals surface area (Å²) >= 11 is 0. The van der Waals surface area contributed by atoms with Gasteiger partial charge in [-0.25, -0.2) is 0 Å². The van der Waals surface area contributed by atoms with Gasteiger partial charge in [0.15, 0.2) is 0 Å². The second-order valence-corrected chi connectivity index (χ2v) is 10.2. The molecule has 0 unspecified atom stereocenters. The fraction of sp³-hybridized carbons (Fsp3) is 0.323. The molecule has 42 heavy (non-hydrogen) atoms. The van der Waals surface area contributed by atoms with Crippen molar-refractivity contribution in [2.24, 2.45) is 0 Å². The van der Waals surface area contributed by atoms with Crippen molar-refractivity contribution < 1.29 is 32.2 Å². The number of hydrogen-bond donors (Lipinski definition) is 1. The molecule has 4 aromatic rings. The Hall–Kier alpha value is -4.38. The molecule has 0 bridgehead atoms. The first-order chi connectivity index (χ1) is 20.1. The van der Waals surface area contributed by atoms with Crippen molar-refractivity contribution in [2.75, 3.05) is 26.8 Å². The van der Waals surface area contributed by atoms with Crippen molar-refractivity contribution in [3.05, 3.63) is 89.1 Å². The van der Waals surface area contributed by atoms with Gasteiger partial charge in [0.05, 0.1) is 30.3 Å². The number of carbonyl (C=O) groups excluding carboxylic acids is 2. The van der Waals surface area contributed by atoms with Crippen LogP contribution in [0.3, 0.4) is 0 Å². The fourth-order valence-electron chi connectivity index (χ4n) is 5.17. The summed E-state index contributed by atoms with van der Waals surface area (Å²) in [6.45, 7) is 3.90. The minimum Gasteiger partial charge on any atom is -0.457 e. The van der Waals surface area contributed by atoms with Crippen LogP contribution in [0.15, 0.2) is 66.9 Å². The number of nitrogens with zero attached hydrogens (tertiary/aromatic N) is 3. The maximum absolute atomic E-state index is 13.4. The monoisotopic (exact) mass is 580 g/mol. The number of likely N-dealkylation sites (tertiary alicyclic amines) is 1. The molecule has 2 heterocycles. The maximum Gasteiger partial charge on any atom is 0.416 e. The van der Waals surface area contributed by atoms with Crippen LogP contribution in [0, 0.1) is 6.92 Å². The van der Waals surface area contributed by atoms with E-state index in [1.165, 1.54) is 12.1 Å². The first-order valence-corrected chi connectivity index (χ1v) is 13.6. The summed E-state index contributed by atoms with van der Waals surface area (Å²) in [7, 11) is 1.58. The number of aryl methyl sites for hydroxylation is 1. The number of benzene rings is 3. The van der Waals surface area contributed by atoms with E-state index in [0.717, 1.165) is 41.4 Å². The number of halogens is 3. The van der Waals surface area contributed by atoms with Crippen LogP contribution >= 0.6 is 0 Å². The highest BCUT2D eigenvalue weighted by molar-refractivity contribution is 6.00. The molecule has 0 radical (unpaired) electrons. The summed E-state index contributed by atoms with van der Waals surface area (Å²) in [6.07, 6.45) is -0.783. The van der Waals surface area contributed by atoms with Gasteiger partial charge in [-0.2, -0.15) is 18.3 Å². The third kappa shape index (κ3) is 6.41. The predicted octanol–water partition coefficient (Wildman–Crippen LogP) is 5.84. The lowest BCUT2D eigenvalue weighted by molar-refractivity contribution is -0.137. The van der Waals surface area contributed by atoms with Gasteiger partial charge >= 0.3 is 6.18 Å². The molecule has 8 nitrogen and oxygen atoms in total. The van der Waals surface area contributed by atoms with Crippen LogP contribution in [0.5, 0.6) is 11.5 Å². The third-order valence-electron chi connectivity index (χ3n) is 7.40. The smallest absolute Gasteiger partial charge is 0.416 e. The third-order valence-corrected chi connectivity index (χ3v) is 7.40. The van der Waals surface area contributed by atoms with E-state index in [1.54, 1.807) is 37.4 Å². The Labute approximate surface area is 241 Å². The van der Waals surface area contributed by atoms with Crippen LogP contribution in [0.1, 0.15) is 44.7 Å². The average molecular weight is 581 g/mol. The van der Waals surface area contributed by atoms with Gasteiger partial charge in [-0.1, -0.05) is 0 Å². The number of aromatic nitrogens is 2. The van der Waals surface area contributed by atoms with E-state index in [1.807, 2.05) is 28.8 Å². The van der Waals surface area contributed by atoms with Crippen molar-refractivity contribution in [3.8, 4) is 11.5 Å². The number of amides is 2. The van der Waals surface area contributed by atoms with E-state index >= 15 is 0 Å². The van der Waals surface area contributed by atoms with E-state index in [2.05, 4.69) is 5.32 Å². The topological polar surface area (TPSA) is 85.7 Å². The minimum atomic E-state index is -4.41. The summed E-state index contributed by atoms with van der Waals surface area (Å²) in [4.78, 5) is 27.8. The molecule has 1 N–H and O–H groups in total. The Balaban J connectivity index is 1.24. The molecule has 1 aliphatic heterocycles. The van der Waals surface area contributed by atoms with Gasteiger partial charge in [-0.05, 0) is 86.0 Å². The van der Waals surface area contributed by atoms with E-state index in [0.29, 0.717) is 43.1 Å². The van der Waals surface area contributed by atoms with Crippen LogP contribution in [-0.2, 0) is 17.5 Å². The Morgan fingerprint density at radius 2 is 1.71 bits per heavy atom. The van der Waals surface area contributed by atoms with Gasteiger partial charge in [-0.3, -0.25) is 14.3 Å².